The number of rotatable bonds is 4. The normalized spacial score (nSPS) is 9.69. The highest BCUT2D eigenvalue weighted by Crippen LogP contribution is 2.25. The lowest BCUT2D eigenvalue weighted by Gasteiger charge is -2.08. The molecule has 0 aliphatic heterocycles. The highest BCUT2D eigenvalue weighted by atomic mass is 19.1. The molecular weight excluding hydrogens is 173 g/mol. The Hall–Kier alpha value is -1.45. The molecule has 72 valence electrons. The van der Waals surface area contributed by atoms with Gasteiger partial charge in [-0.05, 0) is 12.1 Å². The van der Waals surface area contributed by atoms with Gasteiger partial charge in [0.1, 0.15) is 24.8 Å². The van der Waals surface area contributed by atoms with Crippen molar-refractivity contribution in [2.24, 2.45) is 0 Å². The number of nitrogens with two attached hydrogens (primary N) is 1. The molecule has 0 aliphatic rings. The van der Waals surface area contributed by atoms with Crippen LogP contribution >= 0.6 is 0 Å². The third kappa shape index (κ3) is 2.50. The first-order valence-corrected chi connectivity index (χ1v) is 3.90. The number of ether oxygens (including phenoxy) is 2. The van der Waals surface area contributed by atoms with E-state index in [1.165, 1.54) is 0 Å². The molecule has 0 fully saturated rings. The van der Waals surface area contributed by atoms with Crippen LogP contribution in [0.4, 0.5) is 10.1 Å². The fourth-order valence-electron chi connectivity index (χ4n) is 0.933. The maximum Gasteiger partial charge on any atom is 0.142 e. The number of benzene rings is 1. The molecule has 0 atom stereocenters. The van der Waals surface area contributed by atoms with E-state index in [0.717, 1.165) is 0 Å². The van der Waals surface area contributed by atoms with E-state index >= 15 is 0 Å². The number of anilines is 1. The molecule has 13 heavy (non-hydrogen) atoms. The minimum absolute atomic E-state index is 0.0243. The number of nitrogen functional groups attached to an aromatic ring is 1. The summed E-state index contributed by atoms with van der Waals surface area (Å²) in [6.45, 7) is -0.498. The molecule has 0 spiro atoms. The van der Waals surface area contributed by atoms with Crippen LogP contribution in [0.5, 0.6) is 11.5 Å². The molecule has 0 radical (unpaired) electrons. The molecule has 3 nitrogen and oxygen atoms in total. The summed E-state index contributed by atoms with van der Waals surface area (Å²) in [4.78, 5) is 0. The molecule has 1 rings (SSSR count). The Kier molecular flexibility index (Phi) is 3.37. The average Bonchev–Trinajstić information content (AvgIpc) is 2.16. The first kappa shape index (κ1) is 9.64. The van der Waals surface area contributed by atoms with Gasteiger partial charge in [0.05, 0.1) is 12.8 Å². The molecule has 0 saturated heterocycles. The molecule has 0 amide bonds. The molecule has 0 saturated carbocycles. The summed E-state index contributed by atoms with van der Waals surface area (Å²) >= 11 is 0. The van der Waals surface area contributed by atoms with Crippen molar-refractivity contribution < 1.29 is 13.9 Å². The zero-order valence-corrected chi connectivity index (χ0v) is 7.42. The van der Waals surface area contributed by atoms with Crippen LogP contribution in [0.15, 0.2) is 18.2 Å². The van der Waals surface area contributed by atoms with Crippen LogP contribution in [0, 0.1) is 0 Å². The Morgan fingerprint density at radius 1 is 1.46 bits per heavy atom. The van der Waals surface area contributed by atoms with Crippen LogP contribution in [0.1, 0.15) is 0 Å². The van der Waals surface area contributed by atoms with Crippen molar-refractivity contribution >= 4 is 5.69 Å². The minimum atomic E-state index is -0.522. The van der Waals surface area contributed by atoms with Gasteiger partial charge >= 0.3 is 0 Å². The molecular formula is C9H12FNO2. The van der Waals surface area contributed by atoms with E-state index in [1.54, 1.807) is 25.3 Å². The van der Waals surface area contributed by atoms with Crippen LogP contribution < -0.4 is 15.2 Å². The molecule has 4 heteroatoms. The zero-order valence-electron chi connectivity index (χ0n) is 7.42. The van der Waals surface area contributed by atoms with Crippen molar-refractivity contribution in [1.29, 1.82) is 0 Å². The van der Waals surface area contributed by atoms with E-state index in [1.807, 2.05) is 0 Å². The van der Waals surface area contributed by atoms with Crippen molar-refractivity contribution in [3.05, 3.63) is 18.2 Å². The van der Waals surface area contributed by atoms with Gasteiger partial charge < -0.3 is 15.2 Å². The van der Waals surface area contributed by atoms with Crippen LogP contribution in [0.3, 0.4) is 0 Å². The van der Waals surface area contributed by atoms with Crippen molar-refractivity contribution in [3.63, 3.8) is 0 Å². The SMILES string of the molecule is COc1ccc(OCCF)c(N)c1. The maximum atomic E-state index is 11.8. The number of hydrogen-bond donors (Lipinski definition) is 1. The van der Waals surface area contributed by atoms with Crippen LogP contribution in [-0.2, 0) is 0 Å². The van der Waals surface area contributed by atoms with Gasteiger partial charge in [0, 0.05) is 6.07 Å². The summed E-state index contributed by atoms with van der Waals surface area (Å²) in [5.41, 5.74) is 6.06. The fraction of sp³-hybridized carbons (Fsp3) is 0.333. The Labute approximate surface area is 76.3 Å². The molecule has 0 heterocycles. The maximum absolute atomic E-state index is 11.8. The fourth-order valence-corrected chi connectivity index (χ4v) is 0.933. The first-order valence-electron chi connectivity index (χ1n) is 3.90. The lowest BCUT2D eigenvalue weighted by atomic mass is 10.3. The third-order valence-electron chi connectivity index (χ3n) is 1.55. The lowest BCUT2D eigenvalue weighted by Crippen LogP contribution is -2.01. The number of alkyl halides is 1. The van der Waals surface area contributed by atoms with E-state index in [9.17, 15) is 4.39 Å². The largest absolute Gasteiger partial charge is 0.497 e. The summed E-state index contributed by atoms with van der Waals surface area (Å²) in [6, 6.07) is 5.00. The first-order chi connectivity index (χ1) is 6.27. The Bertz CT molecular complexity index is 278. The van der Waals surface area contributed by atoms with E-state index in [0.29, 0.717) is 17.2 Å². The number of halogens is 1. The number of methoxy groups -OCH3 is 1. The Balaban J connectivity index is 2.73. The molecule has 0 bridgehead atoms. The summed E-state index contributed by atoms with van der Waals surface area (Å²) in [5, 5.41) is 0. The topological polar surface area (TPSA) is 44.5 Å². The highest BCUT2D eigenvalue weighted by molar-refractivity contribution is 5.56. The summed E-state index contributed by atoms with van der Waals surface area (Å²) < 4.78 is 21.7. The second kappa shape index (κ2) is 4.54. The lowest BCUT2D eigenvalue weighted by molar-refractivity contribution is 0.274. The monoisotopic (exact) mass is 185 g/mol. The van der Waals surface area contributed by atoms with Gasteiger partial charge in [-0.15, -0.1) is 0 Å². The predicted octanol–water partition coefficient (Wildman–Crippen LogP) is 1.63. The molecule has 0 aliphatic carbocycles. The van der Waals surface area contributed by atoms with Gasteiger partial charge in [0.25, 0.3) is 0 Å². The summed E-state index contributed by atoms with van der Waals surface area (Å²) in [6.07, 6.45) is 0. The van der Waals surface area contributed by atoms with Gasteiger partial charge in [-0.1, -0.05) is 0 Å². The van der Waals surface area contributed by atoms with Gasteiger partial charge in [-0.3, -0.25) is 0 Å². The van der Waals surface area contributed by atoms with Crippen molar-refractivity contribution in [2.45, 2.75) is 0 Å². The minimum Gasteiger partial charge on any atom is -0.497 e. The second-order valence-corrected chi connectivity index (χ2v) is 2.44. The van der Waals surface area contributed by atoms with Crippen LogP contribution in [0.2, 0.25) is 0 Å². The molecule has 0 unspecified atom stereocenters. The molecule has 1 aromatic rings. The Morgan fingerprint density at radius 2 is 2.23 bits per heavy atom. The standard InChI is InChI=1S/C9H12FNO2/c1-12-7-2-3-9(8(11)6-7)13-5-4-10/h2-3,6H,4-5,11H2,1H3. The van der Waals surface area contributed by atoms with E-state index in [4.69, 9.17) is 15.2 Å². The van der Waals surface area contributed by atoms with Gasteiger partial charge in [-0.2, -0.15) is 0 Å². The van der Waals surface area contributed by atoms with Crippen molar-refractivity contribution in [3.8, 4) is 11.5 Å². The molecule has 2 N–H and O–H groups in total. The molecule has 1 aromatic carbocycles. The van der Waals surface area contributed by atoms with Gasteiger partial charge in [-0.25, -0.2) is 4.39 Å². The van der Waals surface area contributed by atoms with Crippen molar-refractivity contribution in [1.82, 2.24) is 0 Å². The number of hydrogen-bond acceptors (Lipinski definition) is 3. The third-order valence-corrected chi connectivity index (χ3v) is 1.55. The Morgan fingerprint density at radius 3 is 2.77 bits per heavy atom. The highest BCUT2D eigenvalue weighted by Gasteiger charge is 2.01. The van der Waals surface area contributed by atoms with Crippen LogP contribution in [-0.4, -0.2) is 20.4 Å². The summed E-state index contributed by atoms with van der Waals surface area (Å²) in [7, 11) is 1.55. The van der Waals surface area contributed by atoms with Gasteiger partial charge in [0.2, 0.25) is 0 Å². The zero-order chi connectivity index (χ0) is 9.68. The van der Waals surface area contributed by atoms with Crippen molar-refractivity contribution in [2.75, 3.05) is 26.1 Å². The smallest absolute Gasteiger partial charge is 0.142 e. The molecule has 0 aromatic heterocycles. The van der Waals surface area contributed by atoms with Crippen LogP contribution in [0.25, 0.3) is 0 Å². The van der Waals surface area contributed by atoms with Gasteiger partial charge in [0.15, 0.2) is 0 Å². The summed E-state index contributed by atoms with van der Waals surface area (Å²) in [5.74, 6) is 1.14. The van der Waals surface area contributed by atoms with E-state index < -0.39 is 6.67 Å². The van der Waals surface area contributed by atoms with E-state index in [-0.39, 0.29) is 6.61 Å². The predicted molar refractivity (Wildman–Crippen MR) is 48.9 cm³/mol. The quantitative estimate of drug-likeness (QED) is 0.725. The average molecular weight is 185 g/mol. The van der Waals surface area contributed by atoms with E-state index in [2.05, 4.69) is 0 Å². The second-order valence-electron chi connectivity index (χ2n) is 2.44.